The summed E-state index contributed by atoms with van der Waals surface area (Å²) in [4.78, 5) is 28.3. The average molecular weight is 352 g/mol. The molecular weight excluding hydrogens is 335 g/mol. The summed E-state index contributed by atoms with van der Waals surface area (Å²) in [6.07, 6.45) is 1.48. The number of aryl methyl sites for hydroxylation is 1. The molecule has 1 aromatic carbocycles. The molecule has 0 N–H and O–H groups in total. The van der Waals surface area contributed by atoms with Gasteiger partial charge in [0.05, 0.1) is 0 Å². The second-order valence-corrected chi connectivity index (χ2v) is 5.81. The minimum absolute atomic E-state index is 0.150. The highest BCUT2D eigenvalue weighted by molar-refractivity contribution is 6.00. The summed E-state index contributed by atoms with van der Waals surface area (Å²) in [5, 5.41) is 0. The summed E-state index contributed by atoms with van der Waals surface area (Å²) in [6.45, 7) is 3.28. The van der Waals surface area contributed by atoms with Gasteiger partial charge in [-0.3, -0.25) is 4.79 Å². The summed E-state index contributed by atoms with van der Waals surface area (Å²) < 4.78 is 20.1. The molecule has 5 nitrogen and oxygen atoms in total. The van der Waals surface area contributed by atoms with Crippen LogP contribution >= 0.6 is 0 Å². The highest BCUT2D eigenvalue weighted by atomic mass is 19.1. The number of Topliss-reactive ketones (excluding diaryl/α,β-unsaturated/α-hetero) is 1. The van der Waals surface area contributed by atoms with Gasteiger partial charge in [0, 0.05) is 28.8 Å². The Hall–Kier alpha value is -3.28. The molecule has 0 aliphatic rings. The molecule has 2 heterocycles. The number of esters is 1. The van der Waals surface area contributed by atoms with Crippen LogP contribution in [-0.4, -0.2) is 27.9 Å². The lowest BCUT2D eigenvalue weighted by atomic mass is 10.1. The number of benzene rings is 1. The first-order valence-electron chi connectivity index (χ1n) is 8.03. The van der Waals surface area contributed by atoms with Crippen molar-refractivity contribution in [3.05, 3.63) is 83.2 Å². The minimum Gasteiger partial charge on any atom is -0.453 e. The third kappa shape index (κ3) is 3.54. The maximum Gasteiger partial charge on any atom is 0.357 e. The molecule has 26 heavy (non-hydrogen) atoms. The van der Waals surface area contributed by atoms with E-state index < -0.39 is 5.97 Å². The lowest BCUT2D eigenvalue weighted by Gasteiger charge is -2.10. The van der Waals surface area contributed by atoms with E-state index in [4.69, 9.17) is 4.74 Å². The molecule has 132 valence electrons. The van der Waals surface area contributed by atoms with Gasteiger partial charge in [0.15, 0.2) is 6.61 Å². The predicted molar refractivity (Wildman–Crippen MR) is 94.1 cm³/mol. The van der Waals surface area contributed by atoms with Crippen molar-refractivity contribution in [3.8, 4) is 5.69 Å². The first kappa shape index (κ1) is 17.5. The molecule has 0 amide bonds. The van der Waals surface area contributed by atoms with Crippen LogP contribution in [-0.2, 0) is 4.74 Å². The highest BCUT2D eigenvalue weighted by Crippen LogP contribution is 2.21. The van der Waals surface area contributed by atoms with Crippen molar-refractivity contribution in [3.63, 3.8) is 0 Å². The van der Waals surface area contributed by atoms with Crippen LogP contribution in [0.1, 0.15) is 32.2 Å². The van der Waals surface area contributed by atoms with Crippen molar-refractivity contribution in [1.82, 2.24) is 9.55 Å². The molecule has 0 aliphatic heterocycles. The van der Waals surface area contributed by atoms with Gasteiger partial charge in [-0.05, 0) is 56.3 Å². The molecule has 0 aliphatic carbocycles. The van der Waals surface area contributed by atoms with Gasteiger partial charge < -0.3 is 9.30 Å². The van der Waals surface area contributed by atoms with Crippen molar-refractivity contribution in [2.24, 2.45) is 0 Å². The van der Waals surface area contributed by atoms with E-state index in [1.165, 1.54) is 24.4 Å². The fraction of sp³-hybridized carbons (Fsp3) is 0.150. The number of rotatable bonds is 5. The van der Waals surface area contributed by atoms with Crippen molar-refractivity contribution in [1.29, 1.82) is 0 Å². The quantitative estimate of drug-likeness (QED) is 0.519. The number of pyridine rings is 1. The molecule has 0 bridgehead atoms. The Kier molecular flexibility index (Phi) is 4.93. The smallest absolute Gasteiger partial charge is 0.357 e. The minimum atomic E-state index is -0.647. The van der Waals surface area contributed by atoms with Crippen molar-refractivity contribution < 1.29 is 18.7 Å². The number of nitrogens with zero attached hydrogens (tertiary/aromatic N) is 2. The monoisotopic (exact) mass is 352 g/mol. The zero-order valence-electron chi connectivity index (χ0n) is 14.4. The molecule has 0 radical (unpaired) electrons. The molecule has 0 fully saturated rings. The normalized spacial score (nSPS) is 10.6. The van der Waals surface area contributed by atoms with Crippen LogP contribution in [0, 0.1) is 19.7 Å². The van der Waals surface area contributed by atoms with E-state index >= 15 is 0 Å². The van der Waals surface area contributed by atoms with Crippen molar-refractivity contribution >= 4 is 11.8 Å². The lowest BCUT2D eigenvalue weighted by Crippen LogP contribution is -2.15. The van der Waals surface area contributed by atoms with Crippen molar-refractivity contribution in [2.75, 3.05) is 6.61 Å². The SMILES string of the molecule is Cc1cc(C(=O)COC(=O)c2ccccn2)c(C)n1-c1ccc(F)cc1. The van der Waals surface area contributed by atoms with Crippen LogP contribution in [0.4, 0.5) is 4.39 Å². The molecule has 0 unspecified atom stereocenters. The molecule has 2 aromatic heterocycles. The molecular formula is C20H17FN2O3. The number of hydrogen-bond donors (Lipinski definition) is 0. The van der Waals surface area contributed by atoms with Gasteiger partial charge in [0.1, 0.15) is 11.5 Å². The van der Waals surface area contributed by atoms with E-state index in [0.29, 0.717) is 11.3 Å². The number of ether oxygens (including phenoxy) is 1. The Balaban J connectivity index is 1.77. The van der Waals surface area contributed by atoms with E-state index in [9.17, 15) is 14.0 Å². The van der Waals surface area contributed by atoms with Crippen LogP contribution in [0.3, 0.4) is 0 Å². The Morgan fingerprint density at radius 2 is 1.85 bits per heavy atom. The van der Waals surface area contributed by atoms with Crippen LogP contribution in [0.25, 0.3) is 5.69 Å². The number of carbonyl (C=O) groups is 2. The summed E-state index contributed by atoms with van der Waals surface area (Å²) in [5.41, 5.74) is 2.89. The number of aromatic nitrogens is 2. The van der Waals surface area contributed by atoms with Gasteiger partial charge in [0.25, 0.3) is 0 Å². The number of ketones is 1. The largest absolute Gasteiger partial charge is 0.453 e. The topological polar surface area (TPSA) is 61.2 Å². The predicted octanol–water partition coefficient (Wildman–Crippen LogP) is 3.67. The number of carbonyl (C=O) groups excluding carboxylic acids is 2. The van der Waals surface area contributed by atoms with Crippen molar-refractivity contribution in [2.45, 2.75) is 13.8 Å². The zero-order chi connectivity index (χ0) is 18.7. The zero-order valence-corrected chi connectivity index (χ0v) is 14.4. The third-order valence-corrected chi connectivity index (χ3v) is 4.02. The fourth-order valence-corrected chi connectivity index (χ4v) is 2.80. The Labute approximate surface area is 150 Å². The average Bonchev–Trinajstić information content (AvgIpc) is 2.95. The third-order valence-electron chi connectivity index (χ3n) is 4.02. The Bertz CT molecular complexity index is 947. The van der Waals surface area contributed by atoms with Gasteiger partial charge in [-0.1, -0.05) is 6.07 Å². The second-order valence-electron chi connectivity index (χ2n) is 5.81. The summed E-state index contributed by atoms with van der Waals surface area (Å²) in [7, 11) is 0. The van der Waals surface area contributed by atoms with E-state index in [-0.39, 0.29) is 23.9 Å². The van der Waals surface area contributed by atoms with Crippen LogP contribution < -0.4 is 0 Å². The van der Waals surface area contributed by atoms with E-state index in [1.807, 2.05) is 11.5 Å². The van der Waals surface area contributed by atoms with Gasteiger partial charge in [-0.15, -0.1) is 0 Å². The van der Waals surface area contributed by atoms with Crippen LogP contribution in [0.15, 0.2) is 54.7 Å². The molecule has 3 aromatic rings. The first-order chi connectivity index (χ1) is 12.5. The fourth-order valence-electron chi connectivity index (χ4n) is 2.80. The number of halogens is 1. The molecule has 0 spiro atoms. The van der Waals surface area contributed by atoms with E-state index in [1.54, 1.807) is 37.3 Å². The van der Waals surface area contributed by atoms with Gasteiger partial charge in [0.2, 0.25) is 5.78 Å². The van der Waals surface area contributed by atoms with Gasteiger partial charge >= 0.3 is 5.97 Å². The maximum atomic E-state index is 13.1. The van der Waals surface area contributed by atoms with Crippen LogP contribution in [0.5, 0.6) is 0 Å². The molecule has 0 saturated heterocycles. The van der Waals surface area contributed by atoms with E-state index in [0.717, 1.165) is 11.4 Å². The van der Waals surface area contributed by atoms with Crippen LogP contribution in [0.2, 0.25) is 0 Å². The molecule has 3 rings (SSSR count). The van der Waals surface area contributed by atoms with Gasteiger partial charge in [-0.25, -0.2) is 14.2 Å². The molecule has 0 atom stereocenters. The second kappa shape index (κ2) is 7.31. The summed E-state index contributed by atoms with van der Waals surface area (Å²) in [6, 6.07) is 12.6. The highest BCUT2D eigenvalue weighted by Gasteiger charge is 2.19. The Morgan fingerprint density at radius 3 is 2.50 bits per heavy atom. The summed E-state index contributed by atoms with van der Waals surface area (Å²) in [5.74, 6) is -1.28. The maximum absolute atomic E-state index is 13.1. The Morgan fingerprint density at radius 1 is 1.12 bits per heavy atom. The van der Waals surface area contributed by atoms with E-state index in [2.05, 4.69) is 4.98 Å². The van der Waals surface area contributed by atoms with Gasteiger partial charge in [-0.2, -0.15) is 0 Å². The molecule has 6 heteroatoms. The standard InChI is InChI=1S/C20H17FN2O3/c1-13-11-17(14(2)23(13)16-8-6-15(21)7-9-16)19(24)12-26-20(25)18-5-3-4-10-22-18/h3-11H,12H2,1-2H3. The lowest BCUT2D eigenvalue weighted by molar-refractivity contribution is 0.0468. The molecule has 0 saturated carbocycles. The summed E-state index contributed by atoms with van der Waals surface area (Å²) >= 11 is 0. The first-order valence-corrected chi connectivity index (χ1v) is 8.03. The number of hydrogen-bond acceptors (Lipinski definition) is 4.